The molecule has 0 saturated heterocycles. The third kappa shape index (κ3) is 3.38. The number of thiophene rings is 1. The van der Waals surface area contributed by atoms with Gasteiger partial charge in [-0.15, -0.1) is 11.3 Å². The zero-order chi connectivity index (χ0) is 10.4. The Balaban J connectivity index is 2.33. The Morgan fingerprint density at radius 1 is 1.57 bits per heavy atom. The van der Waals surface area contributed by atoms with E-state index in [1.54, 1.807) is 11.4 Å². The van der Waals surface area contributed by atoms with Gasteiger partial charge in [0, 0.05) is 11.4 Å². The van der Waals surface area contributed by atoms with E-state index in [-0.39, 0.29) is 0 Å². The molecule has 1 heterocycles. The second-order valence-electron chi connectivity index (χ2n) is 3.01. The molecule has 0 atom stereocenters. The van der Waals surface area contributed by atoms with Gasteiger partial charge in [-0.25, -0.2) is 4.79 Å². The minimum Gasteiger partial charge on any atom is -0.493 e. The second kappa shape index (κ2) is 5.65. The van der Waals surface area contributed by atoms with Gasteiger partial charge >= 0.3 is 5.97 Å². The van der Waals surface area contributed by atoms with Gasteiger partial charge in [-0.2, -0.15) is 0 Å². The van der Waals surface area contributed by atoms with Crippen LogP contribution < -0.4 is 4.74 Å². The smallest absolute Gasteiger partial charge is 0.346 e. The predicted molar refractivity (Wildman–Crippen MR) is 56.3 cm³/mol. The molecule has 0 aromatic carbocycles. The Morgan fingerprint density at radius 2 is 2.36 bits per heavy atom. The maximum absolute atomic E-state index is 10.5. The van der Waals surface area contributed by atoms with Gasteiger partial charge in [-0.05, 0) is 6.42 Å². The van der Waals surface area contributed by atoms with Gasteiger partial charge in [-0.1, -0.05) is 19.8 Å². The monoisotopic (exact) mass is 214 g/mol. The Morgan fingerprint density at radius 3 is 2.93 bits per heavy atom. The molecule has 1 aromatic heterocycles. The van der Waals surface area contributed by atoms with Crippen molar-refractivity contribution in [3.8, 4) is 5.75 Å². The summed E-state index contributed by atoms with van der Waals surface area (Å²) in [7, 11) is 0. The summed E-state index contributed by atoms with van der Waals surface area (Å²) >= 11 is 1.20. The minimum atomic E-state index is -0.890. The van der Waals surface area contributed by atoms with Crippen molar-refractivity contribution < 1.29 is 14.6 Å². The van der Waals surface area contributed by atoms with E-state index in [1.165, 1.54) is 11.3 Å². The van der Waals surface area contributed by atoms with Crippen LogP contribution in [0.15, 0.2) is 11.4 Å². The van der Waals surface area contributed by atoms with Crippen LogP contribution in [0, 0.1) is 0 Å². The Kier molecular flexibility index (Phi) is 4.46. The fourth-order valence-corrected chi connectivity index (χ4v) is 1.71. The largest absolute Gasteiger partial charge is 0.493 e. The van der Waals surface area contributed by atoms with Gasteiger partial charge in [0.15, 0.2) is 0 Å². The van der Waals surface area contributed by atoms with Crippen LogP contribution in [-0.2, 0) is 0 Å². The van der Waals surface area contributed by atoms with E-state index in [2.05, 4.69) is 6.92 Å². The summed E-state index contributed by atoms with van der Waals surface area (Å²) in [6.45, 7) is 2.80. The summed E-state index contributed by atoms with van der Waals surface area (Å²) in [5.74, 6) is -0.220. The van der Waals surface area contributed by atoms with Crippen molar-refractivity contribution in [3.05, 3.63) is 16.3 Å². The molecular formula is C10H14O3S. The first kappa shape index (κ1) is 11.0. The number of carbonyl (C=O) groups is 1. The number of ether oxygens (including phenoxy) is 1. The number of carboxylic acids is 1. The maximum atomic E-state index is 10.5. The molecule has 0 aliphatic heterocycles. The summed E-state index contributed by atoms with van der Waals surface area (Å²) in [5, 5.41) is 10.4. The molecule has 0 saturated carbocycles. The first-order chi connectivity index (χ1) is 6.74. The average molecular weight is 214 g/mol. The van der Waals surface area contributed by atoms with Crippen LogP contribution in [0.2, 0.25) is 0 Å². The number of unbranched alkanes of at least 4 members (excludes halogenated alkanes) is 2. The molecule has 1 N–H and O–H groups in total. The van der Waals surface area contributed by atoms with E-state index in [9.17, 15) is 4.79 Å². The van der Waals surface area contributed by atoms with E-state index in [0.717, 1.165) is 19.3 Å². The third-order valence-electron chi connectivity index (χ3n) is 1.80. The molecule has 0 radical (unpaired) electrons. The molecular weight excluding hydrogens is 200 g/mol. The zero-order valence-electron chi connectivity index (χ0n) is 8.16. The predicted octanol–water partition coefficient (Wildman–Crippen LogP) is 3.02. The van der Waals surface area contributed by atoms with Gasteiger partial charge < -0.3 is 9.84 Å². The van der Waals surface area contributed by atoms with Gasteiger partial charge in [0.25, 0.3) is 0 Å². The molecule has 14 heavy (non-hydrogen) atoms. The highest BCUT2D eigenvalue weighted by molar-refractivity contribution is 7.12. The van der Waals surface area contributed by atoms with Crippen LogP contribution in [0.1, 0.15) is 35.9 Å². The summed E-state index contributed by atoms with van der Waals surface area (Å²) in [6, 6.07) is 1.57. The molecule has 4 heteroatoms. The summed E-state index contributed by atoms with van der Waals surface area (Å²) in [4.78, 5) is 10.9. The van der Waals surface area contributed by atoms with Crippen LogP contribution in [0.5, 0.6) is 5.75 Å². The molecule has 0 bridgehead atoms. The average Bonchev–Trinajstić information content (AvgIpc) is 2.61. The summed E-state index contributed by atoms with van der Waals surface area (Å²) in [5.41, 5.74) is 0. The van der Waals surface area contributed by atoms with Crippen molar-refractivity contribution in [3.63, 3.8) is 0 Å². The normalized spacial score (nSPS) is 10.1. The minimum absolute atomic E-state index is 0.329. The molecule has 3 nitrogen and oxygen atoms in total. The maximum Gasteiger partial charge on any atom is 0.346 e. The lowest BCUT2D eigenvalue weighted by molar-refractivity contribution is 0.0702. The first-order valence-corrected chi connectivity index (χ1v) is 5.56. The molecule has 0 aliphatic rings. The van der Waals surface area contributed by atoms with Crippen LogP contribution in [0.3, 0.4) is 0 Å². The number of hydrogen-bond donors (Lipinski definition) is 1. The standard InChI is InChI=1S/C10H14O3S/c1-2-3-4-5-13-8-6-9(10(11)12)14-7-8/h6-7H,2-5H2,1H3,(H,11,12). The van der Waals surface area contributed by atoms with Gasteiger partial charge in [0.2, 0.25) is 0 Å². The van der Waals surface area contributed by atoms with Crippen LogP contribution >= 0.6 is 11.3 Å². The summed E-state index contributed by atoms with van der Waals surface area (Å²) in [6.07, 6.45) is 3.33. The highest BCUT2D eigenvalue weighted by Gasteiger charge is 2.06. The fourth-order valence-electron chi connectivity index (χ4n) is 1.05. The lowest BCUT2D eigenvalue weighted by Crippen LogP contribution is -1.96. The van der Waals surface area contributed by atoms with E-state index in [4.69, 9.17) is 9.84 Å². The highest BCUT2D eigenvalue weighted by Crippen LogP contribution is 2.21. The number of aromatic carboxylic acids is 1. The van der Waals surface area contributed by atoms with Gasteiger partial charge in [-0.3, -0.25) is 0 Å². The number of rotatable bonds is 6. The van der Waals surface area contributed by atoms with Crippen molar-refractivity contribution in [2.45, 2.75) is 26.2 Å². The van der Waals surface area contributed by atoms with E-state index in [1.807, 2.05) is 0 Å². The lowest BCUT2D eigenvalue weighted by Gasteiger charge is -2.01. The molecule has 0 amide bonds. The zero-order valence-corrected chi connectivity index (χ0v) is 8.97. The SMILES string of the molecule is CCCCCOc1csc(C(=O)O)c1. The molecule has 1 rings (SSSR count). The Bertz CT molecular complexity index is 293. The number of carboxylic acid groups (broad SMARTS) is 1. The highest BCUT2D eigenvalue weighted by atomic mass is 32.1. The Hall–Kier alpha value is -1.03. The number of hydrogen-bond acceptors (Lipinski definition) is 3. The van der Waals surface area contributed by atoms with E-state index in [0.29, 0.717) is 17.2 Å². The quantitative estimate of drug-likeness (QED) is 0.740. The lowest BCUT2D eigenvalue weighted by atomic mass is 10.3. The van der Waals surface area contributed by atoms with Crippen LogP contribution in [0.4, 0.5) is 0 Å². The van der Waals surface area contributed by atoms with Crippen molar-refractivity contribution in [2.24, 2.45) is 0 Å². The Labute approximate surface area is 87.3 Å². The third-order valence-corrected chi connectivity index (χ3v) is 2.70. The fraction of sp³-hybridized carbons (Fsp3) is 0.500. The molecule has 0 aliphatic carbocycles. The van der Waals surface area contributed by atoms with Crippen LogP contribution in [-0.4, -0.2) is 17.7 Å². The van der Waals surface area contributed by atoms with Crippen molar-refractivity contribution in [1.82, 2.24) is 0 Å². The van der Waals surface area contributed by atoms with Gasteiger partial charge in [0.1, 0.15) is 10.6 Å². The molecule has 0 unspecified atom stereocenters. The van der Waals surface area contributed by atoms with Crippen LogP contribution in [0.25, 0.3) is 0 Å². The van der Waals surface area contributed by atoms with Crippen molar-refractivity contribution in [2.75, 3.05) is 6.61 Å². The second-order valence-corrected chi connectivity index (χ2v) is 3.92. The molecule has 1 aromatic rings. The first-order valence-electron chi connectivity index (χ1n) is 4.68. The molecule has 0 fully saturated rings. The topological polar surface area (TPSA) is 46.5 Å². The van der Waals surface area contributed by atoms with E-state index < -0.39 is 5.97 Å². The molecule has 78 valence electrons. The van der Waals surface area contributed by atoms with E-state index >= 15 is 0 Å². The molecule has 0 spiro atoms. The van der Waals surface area contributed by atoms with Crippen molar-refractivity contribution >= 4 is 17.3 Å². The van der Waals surface area contributed by atoms with Crippen molar-refractivity contribution in [1.29, 1.82) is 0 Å². The summed E-state index contributed by atoms with van der Waals surface area (Å²) < 4.78 is 5.39. The van der Waals surface area contributed by atoms with Gasteiger partial charge in [0.05, 0.1) is 6.61 Å².